The summed E-state index contributed by atoms with van der Waals surface area (Å²) in [5.74, 6) is 1.78. The maximum atomic E-state index is 12.3. The highest BCUT2D eigenvalue weighted by Crippen LogP contribution is 2.24. The first-order chi connectivity index (χ1) is 11.1. The van der Waals surface area contributed by atoms with Gasteiger partial charge in [-0.2, -0.15) is 11.8 Å². The lowest BCUT2D eigenvalue weighted by Gasteiger charge is -2.36. The number of amides is 2. The summed E-state index contributed by atoms with van der Waals surface area (Å²) in [6, 6.07) is 0. The van der Waals surface area contributed by atoms with E-state index < -0.39 is 0 Å². The van der Waals surface area contributed by atoms with Crippen molar-refractivity contribution in [1.29, 1.82) is 0 Å². The lowest BCUT2D eigenvalue weighted by molar-refractivity contribution is -0.136. The van der Waals surface area contributed by atoms with Gasteiger partial charge in [-0.15, -0.1) is 0 Å². The monoisotopic (exact) mass is 341 g/mol. The third-order valence-corrected chi connectivity index (χ3v) is 5.81. The Morgan fingerprint density at radius 3 is 2.43 bits per heavy atom. The van der Waals surface area contributed by atoms with E-state index in [0.29, 0.717) is 0 Å². The largest absolute Gasteiger partial charge is 0.355 e. The van der Waals surface area contributed by atoms with Crippen LogP contribution >= 0.6 is 11.8 Å². The third kappa shape index (κ3) is 5.68. The molecule has 1 heterocycles. The predicted molar refractivity (Wildman–Crippen MR) is 95.5 cm³/mol. The Labute approximate surface area is 144 Å². The molecule has 6 heteroatoms. The second-order valence-electron chi connectivity index (χ2n) is 6.80. The van der Waals surface area contributed by atoms with Crippen LogP contribution in [0.15, 0.2) is 0 Å². The molecule has 0 aromatic rings. The lowest BCUT2D eigenvalue weighted by Crippen LogP contribution is -2.51. The zero-order chi connectivity index (χ0) is 16.7. The van der Waals surface area contributed by atoms with Gasteiger partial charge in [-0.1, -0.05) is 19.8 Å². The molecule has 1 aliphatic carbocycles. The topological polar surface area (TPSA) is 52.7 Å². The molecule has 2 aliphatic rings. The number of thioether (sulfide) groups is 1. The van der Waals surface area contributed by atoms with Crippen LogP contribution in [0.3, 0.4) is 0 Å². The van der Waals surface area contributed by atoms with Gasteiger partial charge in [0.25, 0.3) is 0 Å². The van der Waals surface area contributed by atoms with E-state index in [1.807, 2.05) is 18.1 Å². The Bertz CT molecular complexity index is 391. The lowest BCUT2D eigenvalue weighted by atomic mass is 10.1. The maximum absolute atomic E-state index is 12.3. The van der Waals surface area contributed by atoms with Gasteiger partial charge in [0.15, 0.2) is 0 Å². The molecule has 1 saturated heterocycles. The van der Waals surface area contributed by atoms with Crippen molar-refractivity contribution in [3.05, 3.63) is 0 Å². The van der Waals surface area contributed by atoms with Crippen LogP contribution in [0, 0.1) is 11.8 Å². The standard InChI is InChI=1S/C17H31N3O2S/c1-14(13-23-2)17(22)20-11-9-19(10-12-20)8-7-18-16(21)15-5-3-4-6-15/h14-15H,3-13H2,1-2H3,(H,18,21)/t14-/m0/s1. The fourth-order valence-electron chi connectivity index (χ4n) is 3.49. The number of carbonyl (C=O) groups excluding carboxylic acids is 2. The average Bonchev–Trinajstić information content (AvgIpc) is 3.09. The van der Waals surface area contributed by atoms with Crippen LogP contribution in [0.5, 0.6) is 0 Å². The molecule has 0 spiro atoms. The molecule has 1 N–H and O–H groups in total. The maximum Gasteiger partial charge on any atom is 0.226 e. The van der Waals surface area contributed by atoms with E-state index in [9.17, 15) is 9.59 Å². The Morgan fingerprint density at radius 2 is 1.83 bits per heavy atom. The summed E-state index contributed by atoms with van der Waals surface area (Å²) < 4.78 is 0. The van der Waals surface area contributed by atoms with Crippen LogP contribution in [0.2, 0.25) is 0 Å². The van der Waals surface area contributed by atoms with Crippen molar-refractivity contribution in [3.8, 4) is 0 Å². The molecule has 1 atom stereocenters. The van der Waals surface area contributed by atoms with E-state index in [1.54, 1.807) is 11.8 Å². The van der Waals surface area contributed by atoms with Crippen molar-refractivity contribution in [2.45, 2.75) is 32.6 Å². The fourth-order valence-corrected chi connectivity index (χ4v) is 4.14. The molecule has 0 radical (unpaired) electrons. The second kappa shape index (κ2) is 9.52. The minimum Gasteiger partial charge on any atom is -0.355 e. The second-order valence-corrected chi connectivity index (χ2v) is 7.71. The number of piperazine rings is 1. The number of hydrogen-bond acceptors (Lipinski definition) is 4. The van der Waals surface area contributed by atoms with Crippen molar-refractivity contribution in [2.24, 2.45) is 11.8 Å². The summed E-state index contributed by atoms with van der Waals surface area (Å²) >= 11 is 1.73. The Hall–Kier alpha value is -0.750. The highest BCUT2D eigenvalue weighted by Gasteiger charge is 2.25. The van der Waals surface area contributed by atoms with Crippen LogP contribution in [-0.2, 0) is 9.59 Å². The van der Waals surface area contributed by atoms with Crippen molar-refractivity contribution < 1.29 is 9.59 Å². The van der Waals surface area contributed by atoms with E-state index >= 15 is 0 Å². The molecule has 1 saturated carbocycles. The average molecular weight is 342 g/mol. The van der Waals surface area contributed by atoms with Crippen LogP contribution in [0.4, 0.5) is 0 Å². The Kier molecular flexibility index (Phi) is 7.70. The number of carbonyl (C=O) groups is 2. The molecule has 0 unspecified atom stereocenters. The minimum absolute atomic E-state index is 0.113. The van der Waals surface area contributed by atoms with Gasteiger partial charge in [-0.3, -0.25) is 14.5 Å². The molecule has 2 amide bonds. The van der Waals surface area contributed by atoms with Crippen LogP contribution < -0.4 is 5.32 Å². The van der Waals surface area contributed by atoms with Crippen LogP contribution in [0.1, 0.15) is 32.6 Å². The minimum atomic E-state index is 0.113. The van der Waals surface area contributed by atoms with Gasteiger partial charge in [0, 0.05) is 56.9 Å². The molecule has 1 aliphatic heterocycles. The van der Waals surface area contributed by atoms with Crippen molar-refractivity contribution in [2.75, 3.05) is 51.3 Å². The van der Waals surface area contributed by atoms with Crippen LogP contribution in [-0.4, -0.2) is 72.9 Å². The summed E-state index contributed by atoms with van der Waals surface area (Å²) in [5.41, 5.74) is 0. The number of rotatable bonds is 7. The van der Waals surface area contributed by atoms with E-state index in [-0.39, 0.29) is 23.7 Å². The molecular formula is C17H31N3O2S. The zero-order valence-electron chi connectivity index (χ0n) is 14.6. The van der Waals surface area contributed by atoms with Crippen molar-refractivity contribution in [1.82, 2.24) is 15.1 Å². The third-order valence-electron chi connectivity index (χ3n) is 4.98. The van der Waals surface area contributed by atoms with E-state index in [2.05, 4.69) is 10.2 Å². The van der Waals surface area contributed by atoms with E-state index in [1.165, 1.54) is 12.8 Å². The van der Waals surface area contributed by atoms with Gasteiger partial charge in [0.2, 0.25) is 11.8 Å². The van der Waals surface area contributed by atoms with Crippen molar-refractivity contribution >= 4 is 23.6 Å². The highest BCUT2D eigenvalue weighted by molar-refractivity contribution is 7.98. The van der Waals surface area contributed by atoms with Gasteiger partial charge < -0.3 is 10.2 Å². The number of hydrogen-bond donors (Lipinski definition) is 1. The van der Waals surface area contributed by atoms with Crippen LogP contribution in [0.25, 0.3) is 0 Å². The van der Waals surface area contributed by atoms with Gasteiger partial charge in [0.1, 0.15) is 0 Å². The molecule has 2 rings (SSSR count). The highest BCUT2D eigenvalue weighted by atomic mass is 32.2. The normalized spacial score (nSPS) is 21.4. The molecule has 0 bridgehead atoms. The zero-order valence-corrected chi connectivity index (χ0v) is 15.4. The fraction of sp³-hybridized carbons (Fsp3) is 0.882. The quantitative estimate of drug-likeness (QED) is 0.761. The number of nitrogens with one attached hydrogen (secondary N) is 1. The van der Waals surface area contributed by atoms with Gasteiger partial charge >= 0.3 is 0 Å². The molecule has 23 heavy (non-hydrogen) atoms. The first-order valence-corrected chi connectivity index (χ1v) is 10.3. The van der Waals surface area contributed by atoms with E-state index in [0.717, 1.165) is 57.9 Å². The predicted octanol–water partition coefficient (Wildman–Crippen LogP) is 1.44. The van der Waals surface area contributed by atoms with Crippen molar-refractivity contribution in [3.63, 3.8) is 0 Å². The molecule has 5 nitrogen and oxygen atoms in total. The smallest absolute Gasteiger partial charge is 0.226 e. The molecule has 2 fully saturated rings. The molecule has 0 aromatic heterocycles. The summed E-state index contributed by atoms with van der Waals surface area (Å²) in [6.45, 7) is 7.09. The van der Waals surface area contributed by atoms with Gasteiger partial charge in [-0.25, -0.2) is 0 Å². The first kappa shape index (κ1) is 18.6. The Morgan fingerprint density at radius 1 is 1.17 bits per heavy atom. The SMILES string of the molecule is CSC[C@H](C)C(=O)N1CCN(CCNC(=O)C2CCCC2)CC1. The Balaban J connectivity index is 1.61. The van der Waals surface area contributed by atoms with Gasteiger partial charge in [-0.05, 0) is 19.1 Å². The van der Waals surface area contributed by atoms with E-state index in [4.69, 9.17) is 0 Å². The molecule has 0 aromatic carbocycles. The first-order valence-electron chi connectivity index (χ1n) is 8.89. The summed E-state index contributed by atoms with van der Waals surface area (Å²) in [4.78, 5) is 28.6. The summed E-state index contributed by atoms with van der Waals surface area (Å²) in [7, 11) is 0. The summed E-state index contributed by atoms with van der Waals surface area (Å²) in [6.07, 6.45) is 6.55. The summed E-state index contributed by atoms with van der Waals surface area (Å²) in [5, 5.41) is 3.08. The van der Waals surface area contributed by atoms with Gasteiger partial charge in [0.05, 0.1) is 0 Å². The molecular weight excluding hydrogens is 310 g/mol. The number of nitrogens with zero attached hydrogens (tertiary/aromatic N) is 2. The molecule has 132 valence electrons.